The molecular weight excluding hydrogens is 526 g/mol. The normalized spacial score (nSPS) is 11.4. The zero-order valence-electron chi connectivity index (χ0n) is 21.8. The van der Waals surface area contributed by atoms with E-state index in [4.69, 9.17) is 13.6 Å². The number of aromatic nitrogens is 3. The predicted octanol–water partition coefficient (Wildman–Crippen LogP) is 6.65. The van der Waals surface area contributed by atoms with Crippen LogP contribution in [0.2, 0.25) is 0 Å². The summed E-state index contributed by atoms with van der Waals surface area (Å²) in [4.78, 5) is 20.2. The number of fused-ring (bicyclic) bond motifs is 1. The number of aromatic amines is 1. The lowest BCUT2D eigenvalue weighted by Crippen LogP contribution is -2.16. The highest BCUT2D eigenvalue weighted by atomic mass is 32.2. The van der Waals surface area contributed by atoms with Gasteiger partial charge in [0.1, 0.15) is 23.9 Å². The Kier molecular flexibility index (Phi) is 6.98. The van der Waals surface area contributed by atoms with Gasteiger partial charge in [-0.05, 0) is 98.4 Å². The average Bonchev–Trinajstić information content (AvgIpc) is 3.76. The fraction of sp³-hybridized carbons (Fsp3) is 0.100. The minimum Gasteiger partial charge on any atom is -0.486 e. The first-order valence-corrected chi connectivity index (χ1v) is 13.4. The van der Waals surface area contributed by atoms with Gasteiger partial charge in [-0.15, -0.1) is 0 Å². The van der Waals surface area contributed by atoms with Crippen LogP contribution in [-0.2, 0) is 6.61 Å². The molecule has 0 aliphatic heterocycles. The van der Waals surface area contributed by atoms with Gasteiger partial charge in [-0.3, -0.25) is 4.79 Å². The summed E-state index contributed by atoms with van der Waals surface area (Å²) in [5, 5.41) is 5.34. The van der Waals surface area contributed by atoms with E-state index in [9.17, 15) is 4.79 Å². The van der Waals surface area contributed by atoms with E-state index in [1.165, 1.54) is 29.4 Å². The molecule has 0 fully saturated rings. The molecule has 0 saturated heterocycles. The van der Waals surface area contributed by atoms with Crippen LogP contribution < -0.4 is 10.2 Å². The number of benzene rings is 2. The van der Waals surface area contributed by atoms with Crippen molar-refractivity contribution in [3.63, 3.8) is 0 Å². The van der Waals surface area contributed by atoms with E-state index in [2.05, 4.69) is 51.0 Å². The molecule has 6 aromatic rings. The number of ether oxygens (including phenoxy) is 1. The highest BCUT2D eigenvalue weighted by Crippen LogP contribution is 2.28. The molecule has 0 spiro atoms. The lowest BCUT2D eigenvalue weighted by Gasteiger charge is -2.10. The first kappa shape index (κ1) is 25.3. The quantitative estimate of drug-likeness (QED) is 0.154. The molecule has 200 valence electrons. The van der Waals surface area contributed by atoms with Crippen LogP contribution in [0.15, 0.2) is 109 Å². The number of aryl methyl sites for hydroxylation is 2. The third-order valence-corrected chi connectivity index (χ3v) is 6.96. The summed E-state index contributed by atoms with van der Waals surface area (Å²) >= 11 is 1.37. The van der Waals surface area contributed by atoms with Crippen molar-refractivity contribution in [1.82, 2.24) is 20.0 Å². The maximum Gasteiger partial charge on any atom is 0.307 e. The molecule has 10 heteroatoms. The predicted molar refractivity (Wildman–Crippen MR) is 152 cm³/mol. The summed E-state index contributed by atoms with van der Waals surface area (Å²) < 4.78 is 19.4. The first-order chi connectivity index (χ1) is 19.5. The van der Waals surface area contributed by atoms with Crippen molar-refractivity contribution in [2.24, 2.45) is 5.10 Å². The number of amides is 1. The van der Waals surface area contributed by atoms with Crippen LogP contribution in [0.1, 0.15) is 33.5 Å². The molecule has 4 aromatic heterocycles. The molecule has 0 unspecified atom stereocenters. The van der Waals surface area contributed by atoms with Crippen LogP contribution in [0.3, 0.4) is 0 Å². The van der Waals surface area contributed by atoms with Gasteiger partial charge >= 0.3 is 5.91 Å². The molecule has 40 heavy (non-hydrogen) atoms. The van der Waals surface area contributed by atoms with E-state index in [-0.39, 0.29) is 12.4 Å². The number of H-pyrrole nitrogens is 1. The number of rotatable bonds is 9. The van der Waals surface area contributed by atoms with E-state index in [0.29, 0.717) is 22.4 Å². The Morgan fingerprint density at radius 3 is 2.60 bits per heavy atom. The smallest absolute Gasteiger partial charge is 0.307 e. The lowest BCUT2D eigenvalue weighted by atomic mass is 10.3. The number of para-hydroxylation sites is 2. The molecule has 0 bridgehead atoms. The van der Waals surface area contributed by atoms with Crippen LogP contribution in [0.4, 0.5) is 0 Å². The number of carbonyl (C=O) groups excluding carboxylic acids is 1. The first-order valence-electron chi connectivity index (χ1n) is 12.5. The van der Waals surface area contributed by atoms with Gasteiger partial charge in [0.25, 0.3) is 0 Å². The Morgan fingerprint density at radius 2 is 1.80 bits per heavy atom. The fourth-order valence-corrected chi connectivity index (χ4v) is 5.01. The number of carbonyl (C=O) groups is 1. The number of nitrogens with one attached hydrogen (secondary N) is 2. The third kappa shape index (κ3) is 5.57. The maximum atomic E-state index is 12.5. The second-order valence-corrected chi connectivity index (χ2v) is 10.0. The van der Waals surface area contributed by atoms with Crippen LogP contribution in [0, 0.1) is 13.8 Å². The zero-order valence-corrected chi connectivity index (χ0v) is 22.6. The number of furan rings is 2. The lowest BCUT2D eigenvalue weighted by molar-refractivity contribution is 0.0923. The number of hydrazone groups is 1. The average molecular weight is 552 g/mol. The summed E-state index contributed by atoms with van der Waals surface area (Å²) in [6.45, 7) is 4.34. The molecule has 6 rings (SSSR count). The molecule has 0 saturated carbocycles. The van der Waals surface area contributed by atoms with Crippen molar-refractivity contribution in [2.75, 3.05) is 0 Å². The van der Waals surface area contributed by atoms with Gasteiger partial charge in [-0.2, -0.15) is 5.10 Å². The van der Waals surface area contributed by atoms with Crippen LogP contribution in [0.25, 0.3) is 16.7 Å². The van der Waals surface area contributed by atoms with E-state index in [1.807, 2.05) is 54.6 Å². The minimum absolute atomic E-state index is 0.130. The van der Waals surface area contributed by atoms with Crippen LogP contribution >= 0.6 is 11.8 Å². The zero-order chi connectivity index (χ0) is 27.5. The Labute approximate surface area is 233 Å². The summed E-state index contributed by atoms with van der Waals surface area (Å²) in [7, 11) is 0. The van der Waals surface area contributed by atoms with Crippen LogP contribution in [0.5, 0.6) is 5.75 Å². The molecule has 0 aliphatic rings. The van der Waals surface area contributed by atoms with Crippen LogP contribution in [-0.4, -0.2) is 26.7 Å². The molecule has 2 N–H and O–H groups in total. The summed E-state index contributed by atoms with van der Waals surface area (Å²) in [6, 6.07) is 26.7. The van der Waals surface area contributed by atoms with Crippen molar-refractivity contribution >= 4 is 34.9 Å². The molecule has 0 radical (unpaired) electrons. The van der Waals surface area contributed by atoms with Gasteiger partial charge in [-0.1, -0.05) is 12.1 Å². The van der Waals surface area contributed by atoms with Gasteiger partial charge in [0, 0.05) is 17.1 Å². The van der Waals surface area contributed by atoms with Crippen molar-refractivity contribution < 1.29 is 18.4 Å². The molecule has 0 atom stereocenters. The number of hydrogen-bond acceptors (Lipinski definition) is 7. The van der Waals surface area contributed by atoms with E-state index >= 15 is 0 Å². The molecule has 4 heterocycles. The molecule has 2 aromatic carbocycles. The Morgan fingerprint density at radius 1 is 1.00 bits per heavy atom. The third-order valence-electron chi connectivity index (χ3n) is 6.16. The number of imidazole rings is 1. The fourth-order valence-electron chi connectivity index (χ4n) is 4.24. The van der Waals surface area contributed by atoms with E-state index < -0.39 is 5.91 Å². The molecule has 0 aliphatic carbocycles. The Balaban J connectivity index is 0.996. The standard InChI is InChI=1S/C30H25N5O4S/c1-19-7-8-20(2)35(19)21-9-11-22(12-10-21)37-18-24-13-15-27(38-24)29(36)34-31-17-23-14-16-28(39-23)40-30-32-25-5-3-4-6-26(25)33-30/h3-17H,18H2,1-2H3,(H,32,33)(H,34,36)/b31-17+. The number of hydrogen-bond donors (Lipinski definition) is 2. The van der Waals surface area contributed by atoms with Gasteiger partial charge < -0.3 is 23.1 Å². The van der Waals surface area contributed by atoms with Crippen molar-refractivity contribution in [1.29, 1.82) is 0 Å². The summed E-state index contributed by atoms with van der Waals surface area (Å²) in [5.41, 5.74) is 7.71. The highest BCUT2D eigenvalue weighted by molar-refractivity contribution is 7.99. The van der Waals surface area contributed by atoms with Gasteiger partial charge in [0.2, 0.25) is 0 Å². The monoisotopic (exact) mass is 551 g/mol. The second-order valence-electron chi connectivity index (χ2n) is 9.02. The number of nitrogens with zero attached hydrogens (tertiary/aromatic N) is 3. The van der Waals surface area contributed by atoms with Gasteiger partial charge in [0.15, 0.2) is 16.0 Å². The van der Waals surface area contributed by atoms with Crippen molar-refractivity contribution in [3.8, 4) is 11.4 Å². The van der Waals surface area contributed by atoms with E-state index in [0.717, 1.165) is 21.9 Å². The molecule has 9 nitrogen and oxygen atoms in total. The highest BCUT2D eigenvalue weighted by Gasteiger charge is 2.12. The molecule has 1 amide bonds. The Bertz CT molecular complexity index is 1760. The Hall–Kier alpha value is -4.96. The summed E-state index contributed by atoms with van der Waals surface area (Å²) in [6.07, 6.45) is 1.42. The van der Waals surface area contributed by atoms with E-state index in [1.54, 1.807) is 18.2 Å². The van der Waals surface area contributed by atoms with Crippen molar-refractivity contribution in [3.05, 3.63) is 114 Å². The molecular formula is C30H25N5O4S. The second kappa shape index (κ2) is 11.0. The SMILES string of the molecule is Cc1ccc(C)n1-c1ccc(OCc2ccc(C(=O)N/N=C/c3ccc(Sc4nc5ccccc5[nH]4)o3)o2)cc1. The topological polar surface area (TPSA) is 111 Å². The van der Waals surface area contributed by atoms with Gasteiger partial charge in [0.05, 0.1) is 17.2 Å². The van der Waals surface area contributed by atoms with Crippen molar-refractivity contribution in [2.45, 2.75) is 30.7 Å². The minimum atomic E-state index is -0.479. The summed E-state index contributed by atoms with van der Waals surface area (Å²) in [5.74, 6) is 1.36. The largest absolute Gasteiger partial charge is 0.486 e. The van der Waals surface area contributed by atoms with Gasteiger partial charge in [-0.25, -0.2) is 10.4 Å². The maximum absolute atomic E-state index is 12.5.